The van der Waals surface area contributed by atoms with Gasteiger partial charge in [0.05, 0.1) is 32.5 Å². The molecule has 0 aliphatic rings. The molecule has 9 heteroatoms. The highest BCUT2D eigenvalue weighted by molar-refractivity contribution is 7.80. The molecule has 2 aromatic carbocycles. The summed E-state index contributed by atoms with van der Waals surface area (Å²) in [5, 5.41) is 23.1. The molecule has 0 bridgehead atoms. The van der Waals surface area contributed by atoms with Crippen LogP contribution in [-0.2, 0) is 4.79 Å². The third-order valence-corrected chi connectivity index (χ3v) is 4.53. The summed E-state index contributed by atoms with van der Waals surface area (Å²) in [5.41, 5.74) is 0.459. The first kappa shape index (κ1) is 19.8. The Labute approximate surface area is 164 Å². The van der Waals surface area contributed by atoms with Crippen molar-refractivity contribution >= 4 is 57.6 Å². The third-order valence-electron chi connectivity index (χ3n) is 3.55. The van der Waals surface area contributed by atoms with Gasteiger partial charge in [-0.05, 0) is 30.7 Å². The molecular formula is C17H11Cl2N3O3S. The van der Waals surface area contributed by atoms with E-state index < -0.39 is 10.8 Å². The van der Waals surface area contributed by atoms with E-state index in [4.69, 9.17) is 40.7 Å². The van der Waals surface area contributed by atoms with Crippen molar-refractivity contribution in [3.05, 3.63) is 67.7 Å². The van der Waals surface area contributed by atoms with Gasteiger partial charge in [0.25, 0.3) is 5.69 Å². The van der Waals surface area contributed by atoms with Crippen LogP contribution in [0, 0.1) is 21.4 Å². The van der Waals surface area contributed by atoms with Gasteiger partial charge in [-0.25, -0.2) is 0 Å². The van der Waals surface area contributed by atoms with Crippen molar-refractivity contribution in [2.24, 2.45) is 0 Å². The molecule has 1 atom stereocenters. The first-order chi connectivity index (χ1) is 12.3. The molecule has 1 N–H and O–H groups in total. The second kappa shape index (κ2) is 8.23. The highest BCUT2D eigenvalue weighted by Gasteiger charge is 2.27. The number of nitrogens with one attached hydrogen (secondary N) is 1. The molecule has 0 fully saturated rings. The first-order valence-corrected chi connectivity index (χ1v) is 8.36. The standard InChI is InChI=1S/C17H11Cl2N3O3S/c1-9(23)15(11-6-5-10(8-20)7-13(11)19)17(26)21-16-12(18)3-2-4-14(16)22(24)25/h2-7,15H,1H3,(H,21,26). The summed E-state index contributed by atoms with van der Waals surface area (Å²) in [6, 6.07) is 10.6. The Hall–Kier alpha value is -2.53. The molecule has 0 radical (unpaired) electrons. The molecule has 2 aromatic rings. The van der Waals surface area contributed by atoms with Crippen molar-refractivity contribution in [3.63, 3.8) is 0 Å². The van der Waals surface area contributed by atoms with E-state index in [0.29, 0.717) is 11.1 Å². The molecule has 1 unspecified atom stereocenters. The fraction of sp³-hybridized carbons (Fsp3) is 0.118. The molecule has 0 heterocycles. The van der Waals surface area contributed by atoms with Crippen molar-refractivity contribution in [2.45, 2.75) is 12.8 Å². The van der Waals surface area contributed by atoms with Gasteiger partial charge in [0, 0.05) is 11.1 Å². The van der Waals surface area contributed by atoms with Crippen molar-refractivity contribution < 1.29 is 9.72 Å². The largest absolute Gasteiger partial charge is 0.342 e. The van der Waals surface area contributed by atoms with E-state index in [1.54, 1.807) is 0 Å². The number of carbonyl (C=O) groups is 1. The molecule has 0 aliphatic heterocycles. The molecule has 2 rings (SSSR count). The second-order valence-corrected chi connectivity index (χ2v) is 6.53. The van der Waals surface area contributed by atoms with Crippen LogP contribution >= 0.6 is 35.4 Å². The summed E-state index contributed by atoms with van der Waals surface area (Å²) in [6.07, 6.45) is 0. The number of hydrogen-bond donors (Lipinski definition) is 1. The van der Waals surface area contributed by atoms with Crippen LogP contribution in [0.2, 0.25) is 10.0 Å². The van der Waals surface area contributed by atoms with Crippen LogP contribution < -0.4 is 5.32 Å². The van der Waals surface area contributed by atoms with Gasteiger partial charge in [0.2, 0.25) is 0 Å². The zero-order chi connectivity index (χ0) is 19.4. The van der Waals surface area contributed by atoms with E-state index >= 15 is 0 Å². The van der Waals surface area contributed by atoms with Gasteiger partial charge in [-0.15, -0.1) is 0 Å². The van der Waals surface area contributed by atoms with E-state index in [9.17, 15) is 14.9 Å². The van der Waals surface area contributed by atoms with Crippen molar-refractivity contribution in [2.75, 3.05) is 5.32 Å². The Morgan fingerprint density at radius 2 is 2.00 bits per heavy atom. The number of Topliss-reactive ketones (excluding diaryl/α,β-unsaturated/α-hetero) is 1. The second-order valence-electron chi connectivity index (χ2n) is 5.27. The average molecular weight is 408 g/mol. The number of rotatable bonds is 5. The normalized spacial score (nSPS) is 11.3. The summed E-state index contributed by atoms with van der Waals surface area (Å²) < 4.78 is 0. The summed E-state index contributed by atoms with van der Waals surface area (Å²) >= 11 is 17.5. The highest BCUT2D eigenvalue weighted by atomic mass is 35.5. The SMILES string of the molecule is CC(=O)C(C(=S)Nc1c(Cl)cccc1[N+](=O)[O-])c1ccc(C#N)cc1Cl. The van der Waals surface area contributed by atoms with Crippen LogP contribution in [-0.4, -0.2) is 15.7 Å². The lowest BCUT2D eigenvalue weighted by molar-refractivity contribution is -0.383. The van der Waals surface area contributed by atoms with Crippen molar-refractivity contribution in [1.82, 2.24) is 0 Å². The number of nitrogens with zero attached hydrogens (tertiary/aromatic N) is 2. The van der Waals surface area contributed by atoms with Crippen LogP contribution in [0.1, 0.15) is 24.0 Å². The first-order valence-electron chi connectivity index (χ1n) is 7.20. The van der Waals surface area contributed by atoms with Gasteiger partial charge in [-0.2, -0.15) is 5.26 Å². The molecule has 0 spiro atoms. The molecule has 0 saturated heterocycles. The van der Waals surface area contributed by atoms with Crippen LogP contribution in [0.5, 0.6) is 0 Å². The van der Waals surface area contributed by atoms with Gasteiger partial charge >= 0.3 is 0 Å². The molecule has 0 saturated carbocycles. The molecule has 0 aromatic heterocycles. The van der Waals surface area contributed by atoms with Gasteiger partial charge in [0.1, 0.15) is 11.5 Å². The molecule has 0 aliphatic carbocycles. The fourth-order valence-electron chi connectivity index (χ4n) is 2.36. The van der Waals surface area contributed by atoms with E-state index in [1.807, 2.05) is 6.07 Å². The number of halogens is 2. The van der Waals surface area contributed by atoms with E-state index in [1.165, 1.54) is 43.3 Å². The van der Waals surface area contributed by atoms with Crippen LogP contribution in [0.15, 0.2) is 36.4 Å². The summed E-state index contributed by atoms with van der Waals surface area (Å²) in [7, 11) is 0. The lowest BCUT2D eigenvalue weighted by atomic mass is 9.94. The summed E-state index contributed by atoms with van der Waals surface area (Å²) in [6.45, 7) is 1.33. The lowest BCUT2D eigenvalue weighted by Gasteiger charge is -2.19. The highest BCUT2D eigenvalue weighted by Crippen LogP contribution is 2.34. The Morgan fingerprint density at radius 1 is 1.31 bits per heavy atom. The van der Waals surface area contributed by atoms with Crippen molar-refractivity contribution in [1.29, 1.82) is 5.26 Å². The number of thiocarbonyl (C=S) groups is 1. The molecular weight excluding hydrogens is 397 g/mol. The Morgan fingerprint density at radius 3 is 2.54 bits per heavy atom. The van der Waals surface area contributed by atoms with Crippen LogP contribution in [0.3, 0.4) is 0 Å². The quantitative estimate of drug-likeness (QED) is 0.430. The summed E-state index contributed by atoms with van der Waals surface area (Å²) in [5.74, 6) is -1.26. The van der Waals surface area contributed by atoms with Gasteiger partial charge in [-0.1, -0.05) is 47.6 Å². The minimum atomic E-state index is -0.943. The van der Waals surface area contributed by atoms with Crippen molar-refractivity contribution in [3.8, 4) is 6.07 Å². The van der Waals surface area contributed by atoms with E-state index in [2.05, 4.69) is 5.32 Å². The molecule has 26 heavy (non-hydrogen) atoms. The average Bonchev–Trinajstić information content (AvgIpc) is 2.57. The molecule has 132 valence electrons. The predicted octanol–water partition coefficient (Wildman–Crippen LogP) is 4.89. The van der Waals surface area contributed by atoms with Crippen LogP contribution in [0.25, 0.3) is 0 Å². The Bertz CT molecular complexity index is 957. The number of ketones is 1. The number of para-hydroxylation sites is 1. The van der Waals surface area contributed by atoms with Gasteiger partial charge < -0.3 is 5.32 Å². The minimum absolute atomic E-state index is 0.000170. The fourth-order valence-corrected chi connectivity index (χ4v) is 3.26. The summed E-state index contributed by atoms with van der Waals surface area (Å²) in [4.78, 5) is 22.8. The number of nitriles is 1. The van der Waals surface area contributed by atoms with Gasteiger partial charge in [-0.3, -0.25) is 14.9 Å². The van der Waals surface area contributed by atoms with Crippen LogP contribution in [0.4, 0.5) is 11.4 Å². The maximum absolute atomic E-state index is 12.2. The van der Waals surface area contributed by atoms with Gasteiger partial charge in [0.15, 0.2) is 0 Å². The zero-order valence-electron chi connectivity index (χ0n) is 13.3. The maximum Gasteiger partial charge on any atom is 0.294 e. The minimum Gasteiger partial charge on any atom is -0.342 e. The smallest absolute Gasteiger partial charge is 0.294 e. The maximum atomic E-state index is 12.2. The topological polar surface area (TPSA) is 96.0 Å². The predicted molar refractivity (Wildman–Crippen MR) is 104 cm³/mol. The number of nitro benzene ring substituents is 1. The number of benzene rings is 2. The number of nitro groups is 1. The number of hydrogen-bond acceptors (Lipinski definition) is 5. The van der Waals surface area contributed by atoms with E-state index in [0.717, 1.165) is 0 Å². The molecule has 6 nitrogen and oxygen atoms in total. The Balaban J connectivity index is 2.45. The number of carbonyl (C=O) groups excluding carboxylic acids is 1. The third kappa shape index (κ3) is 4.17. The number of anilines is 1. The molecule has 0 amide bonds. The zero-order valence-corrected chi connectivity index (χ0v) is 15.7. The Kier molecular flexibility index (Phi) is 6.27. The lowest BCUT2D eigenvalue weighted by Crippen LogP contribution is -2.25. The monoisotopic (exact) mass is 407 g/mol. The van der Waals surface area contributed by atoms with E-state index in [-0.39, 0.29) is 32.2 Å².